The highest BCUT2D eigenvalue weighted by Gasteiger charge is 2.16. The number of ether oxygens (including phenoxy) is 2. The number of rotatable bonds is 57. The number of esters is 2. The van der Waals surface area contributed by atoms with Gasteiger partial charge in [-0.3, -0.25) is 9.59 Å². The van der Waals surface area contributed by atoms with Gasteiger partial charge in [-0.25, -0.2) is 0 Å². The van der Waals surface area contributed by atoms with Crippen LogP contribution in [0, 0.1) is 0 Å². The second-order valence-corrected chi connectivity index (χ2v) is 20.8. The summed E-state index contributed by atoms with van der Waals surface area (Å²) < 4.78 is 10.6. The number of carbonyl (C=O) groups is 2. The molecule has 0 radical (unpaired) electrons. The van der Waals surface area contributed by atoms with Gasteiger partial charge in [0.1, 0.15) is 6.61 Å². The minimum Gasteiger partial charge on any atom is -0.462 e. The summed E-state index contributed by atoms with van der Waals surface area (Å²) in [5, 5.41) is 9.63. The van der Waals surface area contributed by atoms with E-state index in [0.717, 1.165) is 57.8 Å². The zero-order chi connectivity index (χ0) is 51.3. The van der Waals surface area contributed by atoms with E-state index in [2.05, 4.69) is 74.6 Å². The van der Waals surface area contributed by atoms with Gasteiger partial charge in [-0.2, -0.15) is 0 Å². The molecule has 0 aromatic rings. The SMILES string of the molecule is CC/C=C\C/C=C\C/C=C\C/C=C\C/C=C\C/C=C\CCC(=O)OC(CO)COC(=O)CCCCCCCCCCCCCCCCCCCCCCCCCCCCCCCCCCCCCCCC. The van der Waals surface area contributed by atoms with Crippen LogP contribution in [-0.4, -0.2) is 36.4 Å². The van der Waals surface area contributed by atoms with Crippen molar-refractivity contribution in [2.75, 3.05) is 13.2 Å². The molecule has 0 heterocycles. The van der Waals surface area contributed by atoms with Gasteiger partial charge in [0.25, 0.3) is 0 Å². The Morgan fingerprint density at radius 2 is 0.606 bits per heavy atom. The van der Waals surface area contributed by atoms with Gasteiger partial charge in [0, 0.05) is 12.8 Å². The van der Waals surface area contributed by atoms with E-state index in [4.69, 9.17) is 9.47 Å². The van der Waals surface area contributed by atoms with Crippen molar-refractivity contribution in [3.05, 3.63) is 72.9 Å². The van der Waals surface area contributed by atoms with Gasteiger partial charge in [-0.15, -0.1) is 0 Å². The highest BCUT2D eigenvalue weighted by Crippen LogP contribution is 2.18. The van der Waals surface area contributed by atoms with Gasteiger partial charge in [0.05, 0.1) is 6.61 Å². The average Bonchev–Trinajstić information content (AvgIpc) is 3.37. The molecule has 5 heteroatoms. The molecular formula is C66H118O5. The van der Waals surface area contributed by atoms with Gasteiger partial charge in [0.2, 0.25) is 0 Å². The van der Waals surface area contributed by atoms with Crippen molar-refractivity contribution in [2.24, 2.45) is 0 Å². The Bertz CT molecular complexity index is 1260. The van der Waals surface area contributed by atoms with E-state index in [0.29, 0.717) is 12.8 Å². The molecule has 0 aliphatic heterocycles. The number of allylic oxidation sites excluding steroid dienone is 12. The summed E-state index contributed by atoms with van der Waals surface area (Å²) in [6.45, 7) is 4.00. The summed E-state index contributed by atoms with van der Waals surface area (Å²) in [6.07, 6.45) is 85.1. The van der Waals surface area contributed by atoms with E-state index in [1.165, 1.54) is 225 Å². The molecule has 0 rings (SSSR count). The van der Waals surface area contributed by atoms with Crippen LogP contribution >= 0.6 is 0 Å². The molecule has 0 fully saturated rings. The average molecular weight is 992 g/mol. The quantitative estimate of drug-likeness (QED) is 0.0373. The van der Waals surface area contributed by atoms with Crippen LogP contribution in [0.3, 0.4) is 0 Å². The lowest BCUT2D eigenvalue weighted by Gasteiger charge is -2.15. The van der Waals surface area contributed by atoms with E-state index in [-0.39, 0.29) is 25.6 Å². The fourth-order valence-corrected chi connectivity index (χ4v) is 9.17. The maximum atomic E-state index is 12.2. The summed E-state index contributed by atoms with van der Waals surface area (Å²) in [7, 11) is 0. The van der Waals surface area contributed by atoms with Crippen molar-refractivity contribution in [2.45, 2.75) is 322 Å². The summed E-state index contributed by atoms with van der Waals surface area (Å²) in [4.78, 5) is 24.5. The number of hydrogen-bond donors (Lipinski definition) is 1. The largest absolute Gasteiger partial charge is 0.462 e. The standard InChI is InChI=1S/C66H118O5/c1-3-5-7-9-11-13-15-17-19-21-23-24-25-26-27-28-29-30-31-32-33-34-35-36-37-38-39-40-41-43-44-46-48-50-52-54-56-58-60-65(68)70-63-64(62-67)71-66(69)61-59-57-55-53-51-49-47-45-42-22-20-18-16-14-12-10-8-6-4-2/h6,8,12,14,18,20,42,45,49,51,55,57,64,67H,3-5,7,9-11,13,15-17,19,21-41,43-44,46-48,50,52-54,56,58-63H2,1-2H3/b8-6-,14-12-,20-18-,45-42-,51-49-,57-55-. The Labute approximate surface area is 442 Å². The number of aliphatic hydroxyl groups is 1. The van der Waals surface area contributed by atoms with E-state index in [1.807, 2.05) is 12.2 Å². The molecule has 0 bridgehead atoms. The Hall–Kier alpha value is -2.66. The van der Waals surface area contributed by atoms with Crippen LogP contribution in [0.25, 0.3) is 0 Å². The molecular weight excluding hydrogens is 873 g/mol. The topological polar surface area (TPSA) is 72.8 Å². The van der Waals surface area contributed by atoms with E-state index < -0.39 is 12.1 Å². The molecule has 0 aromatic heterocycles. The van der Waals surface area contributed by atoms with Crippen LogP contribution in [0.1, 0.15) is 316 Å². The van der Waals surface area contributed by atoms with Crippen molar-refractivity contribution >= 4 is 11.9 Å². The number of unbranched alkanes of at least 4 members (excludes halogenated alkanes) is 37. The highest BCUT2D eigenvalue weighted by molar-refractivity contribution is 5.70. The Morgan fingerprint density at radius 3 is 0.887 bits per heavy atom. The lowest BCUT2D eigenvalue weighted by Crippen LogP contribution is -2.28. The molecule has 0 spiro atoms. The summed E-state index contributed by atoms with van der Waals surface area (Å²) >= 11 is 0. The second kappa shape index (κ2) is 61.6. The van der Waals surface area contributed by atoms with Crippen LogP contribution in [0.2, 0.25) is 0 Å². The maximum Gasteiger partial charge on any atom is 0.306 e. The van der Waals surface area contributed by atoms with Crippen LogP contribution in [0.15, 0.2) is 72.9 Å². The fraction of sp³-hybridized carbons (Fsp3) is 0.788. The van der Waals surface area contributed by atoms with Gasteiger partial charge in [-0.1, -0.05) is 324 Å². The van der Waals surface area contributed by atoms with Crippen molar-refractivity contribution in [1.29, 1.82) is 0 Å². The molecule has 0 saturated carbocycles. The van der Waals surface area contributed by atoms with Crippen LogP contribution in [-0.2, 0) is 19.1 Å². The molecule has 1 unspecified atom stereocenters. The van der Waals surface area contributed by atoms with Gasteiger partial charge in [0.15, 0.2) is 6.10 Å². The second-order valence-electron chi connectivity index (χ2n) is 20.8. The summed E-state index contributed by atoms with van der Waals surface area (Å²) in [6, 6.07) is 0. The third-order valence-corrected chi connectivity index (χ3v) is 13.8. The predicted octanol–water partition coefficient (Wildman–Crippen LogP) is 21.1. The first-order valence-corrected chi connectivity index (χ1v) is 31.0. The number of aliphatic hydroxyl groups excluding tert-OH is 1. The van der Waals surface area contributed by atoms with Gasteiger partial charge < -0.3 is 14.6 Å². The van der Waals surface area contributed by atoms with Crippen molar-refractivity contribution in [1.82, 2.24) is 0 Å². The zero-order valence-corrected chi connectivity index (χ0v) is 47.2. The van der Waals surface area contributed by atoms with Gasteiger partial charge in [-0.05, 0) is 51.4 Å². The lowest BCUT2D eigenvalue weighted by molar-refractivity contribution is -0.161. The molecule has 0 aromatic carbocycles. The molecule has 412 valence electrons. The Kier molecular flexibility index (Phi) is 59.3. The first-order valence-electron chi connectivity index (χ1n) is 31.0. The third kappa shape index (κ3) is 59.8. The van der Waals surface area contributed by atoms with Crippen molar-refractivity contribution in [3.8, 4) is 0 Å². The van der Waals surface area contributed by atoms with Crippen LogP contribution in [0.5, 0.6) is 0 Å². The van der Waals surface area contributed by atoms with Gasteiger partial charge >= 0.3 is 11.9 Å². The Morgan fingerprint density at radius 1 is 0.338 bits per heavy atom. The molecule has 1 N–H and O–H groups in total. The van der Waals surface area contributed by atoms with Crippen molar-refractivity contribution < 1.29 is 24.2 Å². The number of hydrogen-bond acceptors (Lipinski definition) is 5. The molecule has 0 aliphatic rings. The van der Waals surface area contributed by atoms with E-state index in [1.54, 1.807) is 0 Å². The van der Waals surface area contributed by atoms with E-state index in [9.17, 15) is 14.7 Å². The Balaban J connectivity index is 3.43. The summed E-state index contributed by atoms with van der Waals surface area (Å²) in [5.41, 5.74) is 0. The minimum absolute atomic E-state index is 0.0965. The highest BCUT2D eigenvalue weighted by atomic mass is 16.6. The first-order chi connectivity index (χ1) is 35.1. The summed E-state index contributed by atoms with van der Waals surface area (Å²) in [5.74, 6) is -0.680. The molecule has 0 amide bonds. The molecule has 0 aliphatic carbocycles. The molecule has 71 heavy (non-hydrogen) atoms. The smallest absolute Gasteiger partial charge is 0.306 e. The maximum absolute atomic E-state index is 12.2. The predicted molar refractivity (Wildman–Crippen MR) is 311 cm³/mol. The molecule has 1 atom stereocenters. The number of carbonyl (C=O) groups excluding carboxylic acids is 2. The molecule has 5 nitrogen and oxygen atoms in total. The third-order valence-electron chi connectivity index (χ3n) is 13.8. The van der Waals surface area contributed by atoms with Crippen LogP contribution in [0.4, 0.5) is 0 Å². The zero-order valence-electron chi connectivity index (χ0n) is 47.2. The molecule has 0 saturated heterocycles. The van der Waals surface area contributed by atoms with E-state index >= 15 is 0 Å². The first kappa shape index (κ1) is 68.3. The minimum atomic E-state index is -0.815. The normalized spacial score (nSPS) is 12.7. The fourth-order valence-electron chi connectivity index (χ4n) is 9.17. The van der Waals surface area contributed by atoms with Crippen LogP contribution < -0.4 is 0 Å². The van der Waals surface area contributed by atoms with Crippen molar-refractivity contribution in [3.63, 3.8) is 0 Å². The lowest BCUT2D eigenvalue weighted by atomic mass is 10.0. The monoisotopic (exact) mass is 991 g/mol.